The van der Waals surface area contributed by atoms with E-state index in [0.717, 1.165) is 31.4 Å². The lowest BCUT2D eigenvalue weighted by Crippen LogP contribution is -2.36. The van der Waals surface area contributed by atoms with Crippen molar-refractivity contribution >= 4 is 10.0 Å². The molecule has 2 unspecified atom stereocenters. The molecule has 0 amide bonds. The van der Waals surface area contributed by atoms with Gasteiger partial charge >= 0.3 is 0 Å². The zero-order chi connectivity index (χ0) is 14.0. The van der Waals surface area contributed by atoms with Crippen LogP contribution in [0.25, 0.3) is 0 Å². The van der Waals surface area contributed by atoms with Crippen molar-refractivity contribution in [2.24, 2.45) is 5.92 Å². The van der Waals surface area contributed by atoms with Crippen LogP contribution in [0.15, 0.2) is 23.1 Å². The highest BCUT2D eigenvalue weighted by Gasteiger charge is 2.28. The Morgan fingerprint density at radius 1 is 1.42 bits per heavy atom. The van der Waals surface area contributed by atoms with Crippen molar-refractivity contribution in [1.29, 1.82) is 5.26 Å². The number of nitriles is 1. The Kier molecular flexibility index (Phi) is 3.88. The molecular weight excluding hydrogens is 267 g/mol. The lowest BCUT2D eigenvalue weighted by atomic mass is 10.1. The topological polar surface area (TPSA) is 70.0 Å². The van der Waals surface area contributed by atoms with Crippen molar-refractivity contribution < 1.29 is 12.8 Å². The van der Waals surface area contributed by atoms with Gasteiger partial charge in [-0.3, -0.25) is 0 Å². The fourth-order valence-electron chi connectivity index (χ4n) is 2.35. The first-order valence-corrected chi connectivity index (χ1v) is 7.64. The maximum absolute atomic E-state index is 13.2. The molecule has 1 aliphatic rings. The summed E-state index contributed by atoms with van der Waals surface area (Å²) in [6.07, 6.45) is 2.81. The van der Waals surface area contributed by atoms with Gasteiger partial charge in [-0.2, -0.15) is 5.26 Å². The van der Waals surface area contributed by atoms with Gasteiger partial charge in [-0.25, -0.2) is 17.5 Å². The molecule has 0 spiro atoms. The minimum atomic E-state index is -3.69. The van der Waals surface area contributed by atoms with Crippen molar-refractivity contribution in [2.75, 3.05) is 0 Å². The molecule has 2 atom stereocenters. The van der Waals surface area contributed by atoms with Crippen molar-refractivity contribution in [3.63, 3.8) is 0 Å². The number of benzene rings is 1. The fourth-order valence-corrected chi connectivity index (χ4v) is 3.75. The molecule has 0 bridgehead atoms. The maximum atomic E-state index is 13.2. The number of rotatable bonds is 3. The lowest BCUT2D eigenvalue weighted by Gasteiger charge is -2.17. The van der Waals surface area contributed by atoms with E-state index in [1.54, 1.807) is 6.07 Å². The Bertz CT molecular complexity index is 622. The van der Waals surface area contributed by atoms with Crippen molar-refractivity contribution in [3.8, 4) is 6.07 Å². The van der Waals surface area contributed by atoms with E-state index in [1.165, 1.54) is 6.07 Å². The fraction of sp³-hybridized carbons (Fsp3) is 0.462. The molecule has 0 heterocycles. The smallest absolute Gasteiger partial charge is 0.208 e. The number of halogens is 1. The van der Waals surface area contributed by atoms with E-state index in [0.29, 0.717) is 5.92 Å². The van der Waals surface area contributed by atoms with E-state index in [1.807, 2.05) is 6.92 Å². The van der Waals surface area contributed by atoms with E-state index in [9.17, 15) is 12.8 Å². The largest absolute Gasteiger partial charge is 0.240 e. The van der Waals surface area contributed by atoms with Crippen molar-refractivity contribution in [2.45, 2.75) is 37.1 Å². The molecule has 6 heteroatoms. The second kappa shape index (κ2) is 5.27. The van der Waals surface area contributed by atoms with E-state index < -0.39 is 15.8 Å². The van der Waals surface area contributed by atoms with Crippen LogP contribution in [0.2, 0.25) is 0 Å². The monoisotopic (exact) mass is 282 g/mol. The summed E-state index contributed by atoms with van der Waals surface area (Å²) in [6.45, 7) is 2.01. The average Bonchev–Trinajstić information content (AvgIpc) is 2.74. The number of nitrogens with one attached hydrogen (secondary N) is 1. The molecule has 1 aromatic rings. The molecule has 1 aromatic carbocycles. The second-order valence-electron chi connectivity index (χ2n) is 4.89. The van der Waals surface area contributed by atoms with Crippen LogP contribution in [0.4, 0.5) is 4.39 Å². The SMILES string of the molecule is CC1CCCC1NS(=O)(=O)c1ccc(F)c(C#N)c1. The van der Waals surface area contributed by atoms with Gasteiger partial charge in [0.25, 0.3) is 0 Å². The van der Waals surface area contributed by atoms with Gasteiger partial charge in [0.15, 0.2) is 0 Å². The predicted octanol–water partition coefficient (Wildman–Crippen LogP) is 2.16. The molecule has 19 heavy (non-hydrogen) atoms. The zero-order valence-corrected chi connectivity index (χ0v) is 11.4. The Hall–Kier alpha value is -1.45. The Balaban J connectivity index is 2.27. The Morgan fingerprint density at radius 3 is 2.74 bits per heavy atom. The van der Waals surface area contributed by atoms with Crippen LogP contribution in [0, 0.1) is 23.1 Å². The van der Waals surface area contributed by atoms with Crippen LogP contribution in [0.3, 0.4) is 0 Å². The average molecular weight is 282 g/mol. The summed E-state index contributed by atoms with van der Waals surface area (Å²) in [5, 5.41) is 8.73. The van der Waals surface area contributed by atoms with Gasteiger partial charge in [0.1, 0.15) is 11.9 Å². The van der Waals surface area contributed by atoms with Crippen molar-refractivity contribution in [3.05, 3.63) is 29.6 Å². The van der Waals surface area contributed by atoms with Gasteiger partial charge < -0.3 is 0 Å². The highest BCUT2D eigenvalue weighted by Crippen LogP contribution is 2.26. The van der Waals surface area contributed by atoms with Gasteiger partial charge in [0, 0.05) is 6.04 Å². The number of nitrogens with zero attached hydrogens (tertiary/aromatic N) is 1. The molecule has 0 saturated heterocycles. The summed E-state index contributed by atoms with van der Waals surface area (Å²) in [6, 6.07) is 4.81. The maximum Gasteiger partial charge on any atom is 0.240 e. The Labute approximate surface area is 112 Å². The normalized spacial score (nSPS) is 23.2. The molecule has 1 saturated carbocycles. The van der Waals surface area contributed by atoms with E-state index >= 15 is 0 Å². The lowest BCUT2D eigenvalue weighted by molar-refractivity contribution is 0.476. The van der Waals surface area contributed by atoms with Gasteiger partial charge in [-0.15, -0.1) is 0 Å². The quantitative estimate of drug-likeness (QED) is 0.923. The molecular formula is C13H15FN2O2S. The number of sulfonamides is 1. The first-order chi connectivity index (χ1) is 8.94. The molecule has 2 rings (SSSR count). The Morgan fingerprint density at radius 2 is 2.16 bits per heavy atom. The molecule has 1 aliphatic carbocycles. The number of hydrogen-bond acceptors (Lipinski definition) is 3. The van der Waals surface area contributed by atoms with E-state index in [-0.39, 0.29) is 16.5 Å². The number of hydrogen-bond donors (Lipinski definition) is 1. The molecule has 4 nitrogen and oxygen atoms in total. The van der Waals surface area contributed by atoms with Crippen LogP contribution in [0.5, 0.6) is 0 Å². The summed E-state index contributed by atoms with van der Waals surface area (Å²) < 4.78 is 40.2. The molecule has 0 radical (unpaired) electrons. The first kappa shape index (κ1) is 14.0. The molecule has 1 fully saturated rings. The molecule has 0 aromatic heterocycles. The van der Waals surface area contributed by atoms with Crippen LogP contribution < -0.4 is 4.72 Å². The van der Waals surface area contributed by atoms with Gasteiger partial charge in [-0.1, -0.05) is 13.3 Å². The molecule has 0 aliphatic heterocycles. The molecule has 102 valence electrons. The summed E-state index contributed by atoms with van der Waals surface area (Å²) in [7, 11) is -3.69. The van der Waals surface area contributed by atoms with Gasteiger partial charge in [-0.05, 0) is 37.0 Å². The highest BCUT2D eigenvalue weighted by molar-refractivity contribution is 7.89. The van der Waals surface area contributed by atoms with Gasteiger partial charge in [0.2, 0.25) is 10.0 Å². The predicted molar refractivity (Wildman–Crippen MR) is 68.2 cm³/mol. The minimum absolute atomic E-state index is 0.0652. The molecule has 1 N–H and O–H groups in total. The summed E-state index contributed by atoms with van der Waals surface area (Å²) in [5.41, 5.74) is -0.262. The third-order valence-electron chi connectivity index (χ3n) is 3.54. The highest BCUT2D eigenvalue weighted by atomic mass is 32.2. The summed E-state index contributed by atoms with van der Waals surface area (Å²) in [4.78, 5) is -0.0652. The zero-order valence-electron chi connectivity index (χ0n) is 10.6. The minimum Gasteiger partial charge on any atom is -0.208 e. The van der Waals surface area contributed by atoms with Crippen molar-refractivity contribution in [1.82, 2.24) is 4.72 Å². The van der Waals surface area contributed by atoms with E-state index in [2.05, 4.69) is 4.72 Å². The second-order valence-corrected chi connectivity index (χ2v) is 6.60. The van der Waals surface area contributed by atoms with Crippen LogP contribution in [-0.4, -0.2) is 14.5 Å². The third kappa shape index (κ3) is 2.94. The summed E-state index contributed by atoms with van der Waals surface area (Å²) in [5.74, 6) is -0.415. The third-order valence-corrected chi connectivity index (χ3v) is 5.02. The van der Waals surface area contributed by atoms with Gasteiger partial charge in [0.05, 0.1) is 10.5 Å². The standard InChI is InChI=1S/C13H15FN2O2S/c1-9-3-2-4-13(9)16-19(17,18)11-5-6-12(14)10(7-11)8-15/h5-7,9,13,16H,2-4H2,1H3. The van der Waals surface area contributed by atoms with Crippen LogP contribution >= 0.6 is 0 Å². The van der Waals surface area contributed by atoms with E-state index in [4.69, 9.17) is 5.26 Å². The first-order valence-electron chi connectivity index (χ1n) is 6.16. The summed E-state index contributed by atoms with van der Waals surface area (Å²) >= 11 is 0. The van der Waals surface area contributed by atoms with Crippen LogP contribution in [-0.2, 0) is 10.0 Å². The van der Waals surface area contributed by atoms with Crippen LogP contribution in [0.1, 0.15) is 31.7 Å².